The van der Waals surface area contributed by atoms with Gasteiger partial charge in [-0.1, -0.05) is 0 Å². The van der Waals surface area contributed by atoms with Gasteiger partial charge in [0, 0.05) is 7.05 Å². The summed E-state index contributed by atoms with van der Waals surface area (Å²) < 4.78 is 4.80. The molecule has 0 atom stereocenters. The fourth-order valence-electron chi connectivity index (χ4n) is 0.444. The molecule has 0 saturated carbocycles. The quantitative estimate of drug-likeness (QED) is 0.477. The summed E-state index contributed by atoms with van der Waals surface area (Å²) in [6.07, 6.45) is 0. The molecule has 0 radical (unpaired) electrons. The van der Waals surface area contributed by atoms with Crippen molar-refractivity contribution in [3.8, 4) is 0 Å². The van der Waals surface area contributed by atoms with Crippen molar-refractivity contribution >= 4 is 11.7 Å². The number of nitrogens with one attached hydrogen (secondary N) is 2. The Labute approximate surface area is 58.4 Å². The van der Waals surface area contributed by atoms with E-state index in [9.17, 15) is 4.79 Å². The van der Waals surface area contributed by atoms with Crippen LogP contribution in [0.2, 0.25) is 0 Å². The summed E-state index contributed by atoms with van der Waals surface area (Å²) in [6.45, 7) is 1.06. The molecule has 56 valence electrons. The molecule has 1 aliphatic heterocycles. The fraction of sp³-hybridized carbons (Fsp3) is 0.600. The number of hydrogen-bond donors (Lipinski definition) is 2. The van der Waals surface area contributed by atoms with Crippen LogP contribution in [0, 0.1) is 0 Å². The zero-order valence-electron chi connectivity index (χ0n) is 5.68. The lowest BCUT2D eigenvalue weighted by atomic mass is 10.3. The van der Waals surface area contributed by atoms with Crippen molar-refractivity contribution < 1.29 is 9.53 Å². The molecule has 0 spiro atoms. The highest BCUT2D eigenvalue weighted by Gasteiger charge is 2.10. The minimum absolute atomic E-state index is 0.306. The molecule has 0 aromatic rings. The average molecular weight is 143 g/mol. The average Bonchev–Trinajstić information content (AvgIpc) is 1.84. The minimum Gasteiger partial charge on any atom is -0.369 e. The van der Waals surface area contributed by atoms with Crippen molar-refractivity contribution in [1.29, 1.82) is 0 Å². The van der Waals surface area contributed by atoms with E-state index in [1.165, 1.54) is 7.05 Å². The highest BCUT2D eigenvalue weighted by molar-refractivity contribution is 5.91. The van der Waals surface area contributed by atoms with Gasteiger partial charge in [0.05, 0.1) is 18.9 Å². The minimum atomic E-state index is -0.306. The number of urea groups is 1. The Hall–Kier alpha value is -1.10. The topological polar surface area (TPSA) is 62.7 Å². The van der Waals surface area contributed by atoms with Crippen LogP contribution in [0.5, 0.6) is 0 Å². The standard InChI is InChI=1S/C5H9N3O2/c1-6-5(9)8-7-4-2-10-3-4/h2-3H2,1H3,(H2,6,8,9). The summed E-state index contributed by atoms with van der Waals surface area (Å²) in [7, 11) is 1.53. The van der Waals surface area contributed by atoms with E-state index in [1.807, 2.05) is 0 Å². The Balaban J connectivity index is 2.19. The molecule has 0 bridgehead atoms. The van der Waals surface area contributed by atoms with E-state index in [4.69, 9.17) is 4.74 Å². The highest BCUT2D eigenvalue weighted by Crippen LogP contribution is 1.92. The van der Waals surface area contributed by atoms with Crippen molar-refractivity contribution in [2.75, 3.05) is 20.3 Å². The summed E-state index contributed by atoms with van der Waals surface area (Å²) in [5.41, 5.74) is 3.16. The van der Waals surface area contributed by atoms with E-state index >= 15 is 0 Å². The van der Waals surface area contributed by atoms with Crippen LogP contribution in [0.4, 0.5) is 4.79 Å². The Morgan fingerprint density at radius 1 is 1.70 bits per heavy atom. The normalized spacial score (nSPS) is 15.5. The first-order valence-electron chi connectivity index (χ1n) is 2.94. The molecular weight excluding hydrogens is 134 g/mol. The van der Waals surface area contributed by atoms with Crippen molar-refractivity contribution in [3.63, 3.8) is 0 Å². The maximum atomic E-state index is 10.5. The lowest BCUT2D eigenvalue weighted by molar-refractivity contribution is 0.158. The number of nitrogens with zero attached hydrogens (tertiary/aromatic N) is 1. The van der Waals surface area contributed by atoms with Crippen molar-refractivity contribution in [2.24, 2.45) is 5.10 Å². The number of hydrazone groups is 1. The van der Waals surface area contributed by atoms with Gasteiger partial charge in [-0.05, 0) is 0 Å². The molecule has 10 heavy (non-hydrogen) atoms. The molecule has 2 N–H and O–H groups in total. The van der Waals surface area contributed by atoms with E-state index in [-0.39, 0.29) is 6.03 Å². The molecule has 0 aromatic heterocycles. The smallest absolute Gasteiger partial charge is 0.334 e. The number of ether oxygens (including phenoxy) is 1. The van der Waals surface area contributed by atoms with Crippen LogP contribution >= 0.6 is 0 Å². The largest absolute Gasteiger partial charge is 0.369 e. The first-order valence-corrected chi connectivity index (χ1v) is 2.94. The maximum Gasteiger partial charge on any atom is 0.334 e. The molecule has 2 amide bonds. The Morgan fingerprint density at radius 2 is 2.40 bits per heavy atom. The van der Waals surface area contributed by atoms with Crippen LogP contribution in [-0.4, -0.2) is 32.0 Å². The third-order valence-electron chi connectivity index (χ3n) is 1.08. The molecule has 0 aliphatic carbocycles. The van der Waals surface area contributed by atoms with Gasteiger partial charge in [0.1, 0.15) is 0 Å². The van der Waals surface area contributed by atoms with Gasteiger partial charge in [0.25, 0.3) is 0 Å². The van der Waals surface area contributed by atoms with E-state index in [0.717, 1.165) is 5.71 Å². The van der Waals surface area contributed by atoms with Crippen LogP contribution in [0.1, 0.15) is 0 Å². The monoisotopic (exact) mass is 143 g/mol. The second-order valence-corrected chi connectivity index (χ2v) is 1.86. The number of rotatable bonds is 1. The lowest BCUT2D eigenvalue weighted by Crippen LogP contribution is -2.34. The third-order valence-corrected chi connectivity index (χ3v) is 1.08. The van der Waals surface area contributed by atoms with Crippen molar-refractivity contribution in [2.45, 2.75) is 0 Å². The molecule has 0 unspecified atom stereocenters. The van der Waals surface area contributed by atoms with Crippen LogP contribution < -0.4 is 10.7 Å². The molecule has 5 nitrogen and oxygen atoms in total. The SMILES string of the molecule is CNC(=O)NN=C1COC1. The number of carbonyl (C=O) groups is 1. The predicted molar refractivity (Wildman–Crippen MR) is 35.8 cm³/mol. The number of carbonyl (C=O) groups excluding carboxylic acids is 1. The first-order chi connectivity index (χ1) is 4.83. The second-order valence-electron chi connectivity index (χ2n) is 1.86. The van der Waals surface area contributed by atoms with Crippen LogP contribution in [-0.2, 0) is 4.74 Å². The van der Waals surface area contributed by atoms with E-state index in [1.54, 1.807) is 0 Å². The van der Waals surface area contributed by atoms with Crippen LogP contribution in [0.15, 0.2) is 5.10 Å². The fourth-order valence-corrected chi connectivity index (χ4v) is 0.444. The van der Waals surface area contributed by atoms with Crippen LogP contribution in [0.25, 0.3) is 0 Å². The third kappa shape index (κ3) is 1.70. The summed E-state index contributed by atoms with van der Waals surface area (Å²) in [4.78, 5) is 10.5. The van der Waals surface area contributed by atoms with Gasteiger partial charge in [-0.2, -0.15) is 5.10 Å². The zero-order valence-corrected chi connectivity index (χ0v) is 5.68. The van der Waals surface area contributed by atoms with E-state index < -0.39 is 0 Å². The summed E-state index contributed by atoms with van der Waals surface area (Å²) >= 11 is 0. The summed E-state index contributed by atoms with van der Waals surface area (Å²) in [5, 5.41) is 6.10. The maximum absolute atomic E-state index is 10.5. The van der Waals surface area contributed by atoms with Gasteiger partial charge in [0.2, 0.25) is 0 Å². The Bertz CT molecular complexity index is 160. The van der Waals surface area contributed by atoms with Gasteiger partial charge in [-0.25, -0.2) is 10.2 Å². The second kappa shape index (κ2) is 3.17. The molecule has 0 aromatic carbocycles. The molecule has 5 heteroatoms. The summed E-state index contributed by atoms with van der Waals surface area (Å²) in [5.74, 6) is 0. The molecular formula is C5H9N3O2. The van der Waals surface area contributed by atoms with Crippen LogP contribution in [0.3, 0.4) is 0 Å². The Kier molecular flexibility index (Phi) is 2.22. The molecule has 1 rings (SSSR count). The van der Waals surface area contributed by atoms with E-state index in [0.29, 0.717) is 13.2 Å². The van der Waals surface area contributed by atoms with Gasteiger partial charge in [-0.15, -0.1) is 0 Å². The molecule has 1 aliphatic rings. The lowest BCUT2D eigenvalue weighted by Gasteiger charge is -2.14. The van der Waals surface area contributed by atoms with Gasteiger partial charge < -0.3 is 10.1 Å². The molecule has 1 saturated heterocycles. The predicted octanol–water partition coefficient (Wildman–Crippen LogP) is -0.698. The number of amides is 2. The molecule has 1 fully saturated rings. The zero-order chi connectivity index (χ0) is 7.40. The van der Waals surface area contributed by atoms with Gasteiger partial charge in [-0.3, -0.25) is 0 Å². The molecule has 1 heterocycles. The Morgan fingerprint density at radius 3 is 2.80 bits per heavy atom. The van der Waals surface area contributed by atoms with Gasteiger partial charge >= 0.3 is 6.03 Å². The first kappa shape index (κ1) is 7.01. The summed E-state index contributed by atoms with van der Waals surface area (Å²) in [6, 6.07) is -0.306. The van der Waals surface area contributed by atoms with Gasteiger partial charge in [0.15, 0.2) is 0 Å². The number of hydrogen-bond acceptors (Lipinski definition) is 3. The van der Waals surface area contributed by atoms with Crippen molar-refractivity contribution in [1.82, 2.24) is 10.7 Å². The highest BCUT2D eigenvalue weighted by atomic mass is 16.5. The van der Waals surface area contributed by atoms with Crippen molar-refractivity contribution in [3.05, 3.63) is 0 Å². The van der Waals surface area contributed by atoms with E-state index in [2.05, 4.69) is 15.8 Å².